The molecule has 0 aliphatic rings. The molecule has 0 bridgehead atoms. The van der Waals surface area contributed by atoms with Crippen LogP contribution in [-0.2, 0) is 14.3 Å². The van der Waals surface area contributed by atoms with E-state index in [9.17, 15) is 9.59 Å². The van der Waals surface area contributed by atoms with Crippen LogP contribution in [0.3, 0.4) is 0 Å². The summed E-state index contributed by atoms with van der Waals surface area (Å²) in [6, 6.07) is 14.5. The molecule has 0 saturated carbocycles. The second kappa shape index (κ2) is 10.2. The molecule has 0 aromatic heterocycles. The Morgan fingerprint density at radius 2 is 1.79 bits per heavy atom. The van der Waals surface area contributed by atoms with Crippen molar-refractivity contribution in [1.82, 2.24) is 0 Å². The SMILES string of the molecule is CCN(C(=O)[C@@H](C)OC(=O)/C=C/c1ccc(OC)cc1OC)c1ccccc1. The highest BCUT2D eigenvalue weighted by atomic mass is 16.5. The predicted octanol–water partition coefficient (Wildman–Crippen LogP) is 3.70. The van der Waals surface area contributed by atoms with E-state index in [0.717, 1.165) is 5.69 Å². The number of hydrogen-bond acceptors (Lipinski definition) is 5. The van der Waals surface area contributed by atoms with Crippen molar-refractivity contribution in [2.45, 2.75) is 20.0 Å². The fraction of sp³-hybridized carbons (Fsp3) is 0.273. The second-order valence-corrected chi connectivity index (χ2v) is 5.94. The molecule has 0 radical (unpaired) electrons. The average Bonchev–Trinajstić information content (AvgIpc) is 2.73. The van der Waals surface area contributed by atoms with Crippen LogP contribution in [0.15, 0.2) is 54.6 Å². The van der Waals surface area contributed by atoms with Gasteiger partial charge in [0.1, 0.15) is 11.5 Å². The lowest BCUT2D eigenvalue weighted by molar-refractivity contribution is -0.149. The molecule has 1 amide bonds. The lowest BCUT2D eigenvalue weighted by Crippen LogP contribution is -2.39. The summed E-state index contributed by atoms with van der Waals surface area (Å²) in [5.74, 6) is 0.324. The van der Waals surface area contributed by atoms with Gasteiger partial charge in [0.05, 0.1) is 14.2 Å². The van der Waals surface area contributed by atoms with E-state index in [0.29, 0.717) is 23.6 Å². The Kier molecular flexibility index (Phi) is 7.63. The molecule has 0 fully saturated rings. The molecule has 0 N–H and O–H groups in total. The zero-order chi connectivity index (χ0) is 20.5. The summed E-state index contributed by atoms with van der Waals surface area (Å²) < 4.78 is 15.7. The van der Waals surface area contributed by atoms with Gasteiger partial charge in [-0.1, -0.05) is 18.2 Å². The fourth-order valence-corrected chi connectivity index (χ4v) is 2.67. The zero-order valence-corrected chi connectivity index (χ0v) is 16.5. The van der Waals surface area contributed by atoms with Crippen LogP contribution in [0, 0.1) is 0 Å². The molecule has 2 rings (SSSR count). The van der Waals surface area contributed by atoms with Crippen molar-refractivity contribution in [1.29, 1.82) is 0 Å². The van der Waals surface area contributed by atoms with Gasteiger partial charge >= 0.3 is 5.97 Å². The van der Waals surface area contributed by atoms with Crippen molar-refractivity contribution in [2.24, 2.45) is 0 Å². The minimum Gasteiger partial charge on any atom is -0.497 e. The number of benzene rings is 2. The summed E-state index contributed by atoms with van der Waals surface area (Å²) in [5.41, 5.74) is 1.45. The van der Waals surface area contributed by atoms with E-state index < -0.39 is 12.1 Å². The molecule has 2 aromatic carbocycles. The van der Waals surface area contributed by atoms with Crippen LogP contribution >= 0.6 is 0 Å². The third kappa shape index (κ3) is 5.36. The van der Waals surface area contributed by atoms with Gasteiger partial charge in [-0.15, -0.1) is 0 Å². The Morgan fingerprint density at radius 1 is 1.07 bits per heavy atom. The molecule has 0 saturated heterocycles. The Hall–Kier alpha value is -3.28. The van der Waals surface area contributed by atoms with Crippen molar-refractivity contribution < 1.29 is 23.8 Å². The first-order valence-corrected chi connectivity index (χ1v) is 8.97. The molecule has 148 valence electrons. The van der Waals surface area contributed by atoms with Gasteiger partial charge in [-0.3, -0.25) is 4.79 Å². The summed E-state index contributed by atoms with van der Waals surface area (Å²) in [6.07, 6.45) is 1.94. The molecule has 1 atom stereocenters. The number of ether oxygens (including phenoxy) is 3. The molecule has 2 aromatic rings. The van der Waals surface area contributed by atoms with Crippen LogP contribution in [0.25, 0.3) is 6.08 Å². The van der Waals surface area contributed by atoms with Crippen LogP contribution < -0.4 is 14.4 Å². The Labute approximate surface area is 165 Å². The first-order chi connectivity index (χ1) is 13.5. The van der Waals surface area contributed by atoms with Crippen molar-refractivity contribution in [3.63, 3.8) is 0 Å². The number of nitrogens with zero attached hydrogens (tertiary/aromatic N) is 1. The van der Waals surface area contributed by atoms with Crippen LogP contribution in [0.1, 0.15) is 19.4 Å². The smallest absolute Gasteiger partial charge is 0.331 e. The van der Waals surface area contributed by atoms with Crippen molar-refractivity contribution in [2.75, 3.05) is 25.7 Å². The molecule has 0 aliphatic carbocycles. The highest BCUT2D eigenvalue weighted by Crippen LogP contribution is 2.25. The maximum absolute atomic E-state index is 12.6. The monoisotopic (exact) mass is 383 g/mol. The van der Waals surface area contributed by atoms with Gasteiger partial charge in [-0.05, 0) is 44.2 Å². The van der Waals surface area contributed by atoms with Crippen LogP contribution in [0.5, 0.6) is 11.5 Å². The molecule has 28 heavy (non-hydrogen) atoms. The third-order valence-electron chi connectivity index (χ3n) is 4.13. The molecule has 0 spiro atoms. The molecule has 6 nitrogen and oxygen atoms in total. The summed E-state index contributed by atoms with van der Waals surface area (Å²) in [6.45, 7) is 3.91. The number of esters is 1. The molecule has 0 aliphatic heterocycles. The molecule has 6 heteroatoms. The average molecular weight is 383 g/mol. The van der Waals surface area contributed by atoms with Gasteiger partial charge in [0.15, 0.2) is 6.10 Å². The number of likely N-dealkylation sites (N-methyl/N-ethyl adjacent to an activating group) is 1. The van der Waals surface area contributed by atoms with E-state index in [4.69, 9.17) is 14.2 Å². The summed E-state index contributed by atoms with van der Waals surface area (Å²) in [5, 5.41) is 0. The molecule has 0 unspecified atom stereocenters. The van der Waals surface area contributed by atoms with Gasteiger partial charge < -0.3 is 19.1 Å². The standard InChI is InChI=1S/C22H25NO5/c1-5-23(18-9-7-6-8-10-18)22(25)16(2)28-21(24)14-12-17-11-13-19(26-3)15-20(17)27-4/h6-16H,5H2,1-4H3/b14-12+/t16-/m1/s1. The minimum absolute atomic E-state index is 0.280. The number of anilines is 1. The maximum Gasteiger partial charge on any atom is 0.331 e. The summed E-state index contributed by atoms with van der Waals surface area (Å²) in [7, 11) is 3.10. The van der Waals surface area contributed by atoms with E-state index in [1.165, 1.54) is 13.2 Å². The highest BCUT2D eigenvalue weighted by Gasteiger charge is 2.23. The Bertz CT molecular complexity index is 832. The number of hydrogen-bond donors (Lipinski definition) is 0. The minimum atomic E-state index is -0.907. The maximum atomic E-state index is 12.6. The quantitative estimate of drug-likeness (QED) is 0.514. The van der Waals surface area contributed by atoms with Gasteiger partial charge in [0, 0.05) is 29.9 Å². The van der Waals surface area contributed by atoms with Gasteiger partial charge in [0.25, 0.3) is 5.91 Å². The van der Waals surface area contributed by atoms with Crippen LogP contribution in [-0.4, -0.2) is 38.7 Å². The summed E-state index contributed by atoms with van der Waals surface area (Å²) in [4.78, 5) is 26.4. The zero-order valence-electron chi connectivity index (χ0n) is 16.5. The lowest BCUT2D eigenvalue weighted by Gasteiger charge is -2.24. The van der Waals surface area contributed by atoms with Crippen molar-refractivity contribution in [3.8, 4) is 11.5 Å². The van der Waals surface area contributed by atoms with Crippen molar-refractivity contribution in [3.05, 3.63) is 60.2 Å². The van der Waals surface area contributed by atoms with Gasteiger partial charge in [-0.2, -0.15) is 0 Å². The largest absolute Gasteiger partial charge is 0.497 e. The van der Waals surface area contributed by atoms with Crippen molar-refractivity contribution >= 4 is 23.6 Å². The topological polar surface area (TPSA) is 65.1 Å². The number of methoxy groups -OCH3 is 2. The Balaban J connectivity index is 2.04. The first-order valence-electron chi connectivity index (χ1n) is 8.97. The second-order valence-electron chi connectivity index (χ2n) is 5.94. The number of rotatable bonds is 8. The van der Waals surface area contributed by atoms with E-state index in [1.807, 2.05) is 37.3 Å². The predicted molar refractivity (Wildman–Crippen MR) is 109 cm³/mol. The van der Waals surface area contributed by atoms with E-state index in [2.05, 4.69) is 0 Å². The van der Waals surface area contributed by atoms with Gasteiger partial charge in [-0.25, -0.2) is 4.79 Å². The number of carbonyl (C=O) groups excluding carboxylic acids is 2. The van der Waals surface area contributed by atoms with E-state index in [1.54, 1.807) is 43.2 Å². The van der Waals surface area contributed by atoms with E-state index in [-0.39, 0.29) is 5.91 Å². The number of para-hydroxylation sites is 1. The van der Waals surface area contributed by atoms with E-state index >= 15 is 0 Å². The van der Waals surface area contributed by atoms with Crippen LogP contribution in [0.2, 0.25) is 0 Å². The highest BCUT2D eigenvalue weighted by molar-refractivity contribution is 5.98. The summed E-state index contributed by atoms with van der Waals surface area (Å²) >= 11 is 0. The van der Waals surface area contributed by atoms with Gasteiger partial charge in [0.2, 0.25) is 0 Å². The molecule has 0 heterocycles. The Morgan fingerprint density at radius 3 is 2.39 bits per heavy atom. The first kappa shape index (κ1) is 21.0. The lowest BCUT2D eigenvalue weighted by atomic mass is 10.1. The number of carbonyl (C=O) groups is 2. The normalized spacial score (nSPS) is 11.7. The number of amides is 1. The molecular weight excluding hydrogens is 358 g/mol. The van der Waals surface area contributed by atoms with Crippen LogP contribution in [0.4, 0.5) is 5.69 Å². The fourth-order valence-electron chi connectivity index (χ4n) is 2.67. The molecular formula is C22H25NO5. The third-order valence-corrected chi connectivity index (χ3v) is 4.13.